The molecule has 1 saturated heterocycles. The number of urea groups is 1. The van der Waals surface area contributed by atoms with E-state index >= 15 is 0 Å². The third-order valence-electron chi connectivity index (χ3n) is 4.82. The Morgan fingerprint density at radius 2 is 2.12 bits per heavy atom. The molecule has 2 amide bonds. The molecular weight excluding hydrogens is 314 g/mol. The van der Waals surface area contributed by atoms with Crippen LogP contribution in [0.1, 0.15) is 31.2 Å². The van der Waals surface area contributed by atoms with Gasteiger partial charge in [-0.05, 0) is 62.4 Å². The molecule has 0 radical (unpaired) electrons. The molecule has 1 N–H and O–H groups in total. The van der Waals surface area contributed by atoms with Gasteiger partial charge in [0.2, 0.25) is 0 Å². The molecule has 0 bridgehead atoms. The Morgan fingerprint density at radius 3 is 2.84 bits per heavy atom. The van der Waals surface area contributed by atoms with Gasteiger partial charge in [0.05, 0.1) is 6.10 Å². The molecule has 1 aromatic carbocycles. The van der Waals surface area contributed by atoms with E-state index in [0.717, 1.165) is 55.8 Å². The molecule has 1 aliphatic rings. The van der Waals surface area contributed by atoms with Gasteiger partial charge in [0.1, 0.15) is 0 Å². The third kappa shape index (κ3) is 4.42. The van der Waals surface area contributed by atoms with Gasteiger partial charge in [0.25, 0.3) is 0 Å². The minimum Gasteiger partial charge on any atom is -0.378 e. The van der Waals surface area contributed by atoms with Gasteiger partial charge in [0.15, 0.2) is 0 Å². The Bertz CT molecular complexity index is 691. The van der Waals surface area contributed by atoms with E-state index in [4.69, 9.17) is 4.74 Å². The molecule has 1 unspecified atom stereocenters. The number of aromatic nitrogens is 1. The molecule has 1 atom stereocenters. The molecular formula is C20H27N3O2. The number of carbonyl (C=O) groups is 1. The Labute approximate surface area is 149 Å². The molecule has 2 aromatic rings. The van der Waals surface area contributed by atoms with Gasteiger partial charge in [-0.15, -0.1) is 0 Å². The molecule has 1 aliphatic heterocycles. The van der Waals surface area contributed by atoms with Crippen LogP contribution in [-0.4, -0.2) is 41.8 Å². The number of ether oxygens (including phenoxy) is 1. The number of nitrogens with zero attached hydrogens (tertiary/aromatic N) is 2. The molecule has 0 aliphatic carbocycles. The third-order valence-corrected chi connectivity index (χ3v) is 4.82. The second-order valence-electron chi connectivity index (χ2n) is 6.67. The van der Waals surface area contributed by atoms with Gasteiger partial charge >= 0.3 is 6.03 Å². The normalized spacial score (nSPS) is 16.8. The van der Waals surface area contributed by atoms with Crippen molar-refractivity contribution in [1.29, 1.82) is 0 Å². The zero-order valence-corrected chi connectivity index (χ0v) is 15.1. The van der Waals surface area contributed by atoms with Crippen LogP contribution in [0.5, 0.6) is 0 Å². The van der Waals surface area contributed by atoms with Crippen molar-refractivity contribution < 1.29 is 9.53 Å². The molecule has 0 spiro atoms. The lowest BCUT2D eigenvalue weighted by Crippen LogP contribution is -2.32. The highest BCUT2D eigenvalue weighted by Crippen LogP contribution is 2.23. The fourth-order valence-electron chi connectivity index (χ4n) is 3.27. The summed E-state index contributed by atoms with van der Waals surface area (Å²) in [6.07, 6.45) is 8.71. The minimum atomic E-state index is -0.0694. The Morgan fingerprint density at radius 1 is 1.32 bits per heavy atom. The van der Waals surface area contributed by atoms with Crippen LogP contribution < -0.4 is 5.32 Å². The summed E-state index contributed by atoms with van der Waals surface area (Å²) >= 11 is 0. The van der Waals surface area contributed by atoms with Crippen LogP contribution >= 0.6 is 0 Å². The van der Waals surface area contributed by atoms with E-state index in [0.29, 0.717) is 6.10 Å². The van der Waals surface area contributed by atoms with Crippen molar-refractivity contribution in [2.24, 2.45) is 0 Å². The van der Waals surface area contributed by atoms with E-state index in [9.17, 15) is 4.79 Å². The summed E-state index contributed by atoms with van der Waals surface area (Å²) in [7, 11) is 1.84. The highest BCUT2D eigenvalue weighted by Gasteiger charge is 2.16. The molecule has 25 heavy (non-hydrogen) atoms. The van der Waals surface area contributed by atoms with Crippen molar-refractivity contribution in [3.05, 3.63) is 48.3 Å². The van der Waals surface area contributed by atoms with E-state index in [1.165, 1.54) is 0 Å². The lowest BCUT2D eigenvalue weighted by atomic mass is 10.1. The van der Waals surface area contributed by atoms with Gasteiger partial charge in [-0.2, -0.15) is 0 Å². The van der Waals surface area contributed by atoms with Crippen molar-refractivity contribution in [3.8, 4) is 5.69 Å². The molecule has 1 aromatic heterocycles. The highest BCUT2D eigenvalue weighted by molar-refractivity contribution is 5.90. The zero-order valence-electron chi connectivity index (χ0n) is 15.1. The quantitative estimate of drug-likeness (QED) is 0.855. The largest absolute Gasteiger partial charge is 0.378 e. The van der Waals surface area contributed by atoms with Crippen LogP contribution in [0.4, 0.5) is 10.5 Å². The Hall–Kier alpha value is -2.27. The van der Waals surface area contributed by atoms with E-state index in [-0.39, 0.29) is 6.03 Å². The van der Waals surface area contributed by atoms with Crippen LogP contribution in [0, 0.1) is 6.92 Å². The number of anilines is 1. The van der Waals surface area contributed by atoms with Crippen LogP contribution in [0.2, 0.25) is 0 Å². The predicted octanol–water partition coefficient (Wildman–Crippen LogP) is 4.21. The van der Waals surface area contributed by atoms with Crippen LogP contribution in [-0.2, 0) is 4.74 Å². The minimum absolute atomic E-state index is 0.0694. The molecule has 5 nitrogen and oxygen atoms in total. The van der Waals surface area contributed by atoms with E-state index in [1.54, 1.807) is 4.90 Å². The van der Waals surface area contributed by atoms with Gasteiger partial charge in [0, 0.05) is 44.0 Å². The van der Waals surface area contributed by atoms with Gasteiger partial charge in [-0.25, -0.2) is 4.79 Å². The molecule has 5 heteroatoms. The lowest BCUT2D eigenvalue weighted by molar-refractivity contribution is 0.101. The highest BCUT2D eigenvalue weighted by atomic mass is 16.5. The number of carbonyl (C=O) groups excluding carboxylic acids is 1. The average Bonchev–Trinajstić information content (AvgIpc) is 3.30. The van der Waals surface area contributed by atoms with E-state index in [2.05, 4.69) is 16.0 Å². The maximum absolute atomic E-state index is 12.5. The zero-order chi connectivity index (χ0) is 17.6. The maximum atomic E-state index is 12.5. The lowest BCUT2D eigenvalue weighted by Gasteiger charge is -2.20. The number of hydrogen-bond donors (Lipinski definition) is 1. The van der Waals surface area contributed by atoms with Crippen LogP contribution in [0.25, 0.3) is 5.69 Å². The summed E-state index contributed by atoms with van der Waals surface area (Å²) in [5, 5.41) is 3.03. The van der Waals surface area contributed by atoms with Crippen molar-refractivity contribution in [1.82, 2.24) is 9.47 Å². The van der Waals surface area contributed by atoms with Gasteiger partial charge in [-0.1, -0.05) is 6.07 Å². The molecule has 0 saturated carbocycles. The first-order valence-corrected chi connectivity index (χ1v) is 9.02. The topological polar surface area (TPSA) is 46.5 Å². The standard InChI is InChI=1S/C20H27N3O2/c1-16-18(10-5-11-19(16)23-13-3-4-14-23)21-20(24)22(2)12-6-8-17-9-7-15-25-17/h3-5,10-11,13-14,17H,6-9,12,15H2,1-2H3,(H,21,24). The van der Waals surface area contributed by atoms with Crippen LogP contribution in [0.3, 0.4) is 0 Å². The number of hydrogen-bond acceptors (Lipinski definition) is 2. The number of nitrogens with one attached hydrogen (secondary N) is 1. The maximum Gasteiger partial charge on any atom is 0.321 e. The fraction of sp³-hybridized carbons (Fsp3) is 0.450. The fourth-order valence-corrected chi connectivity index (χ4v) is 3.27. The SMILES string of the molecule is Cc1c(NC(=O)N(C)CCCC2CCCO2)cccc1-n1cccc1. The van der Waals surface area contributed by atoms with Crippen LogP contribution in [0.15, 0.2) is 42.7 Å². The molecule has 1 fully saturated rings. The first-order chi connectivity index (χ1) is 12.1. The smallest absolute Gasteiger partial charge is 0.321 e. The first-order valence-electron chi connectivity index (χ1n) is 9.02. The van der Waals surface area contributed by atoms with Gasteiger partial charge in [-0.3, -0.25) is 0 Å². The Balaban J connectivity index is 1.56. The summed E-state index contributed by atoms with van der Waals surface area (Å²) in [5.74, 6) is 0. The number of rotatable bonds is 6. The van der Waals surface area contributed by atoms with Gasteiger partial charge < -0.3 is 19.5 Å². The summed E-state index contributed by atoms with van der Waals surface area (Å²) in [6.45, 7) is 3.66. The summed E-state index contributed by atoms with van der Waals surface area (Å²) in [5.41, 5.74) is 2.98. The number of benzene rings is 1. The Kier molecular flexibility index (Phi) is 5.76. The van der Waals surface area contributed by atoms with Crippen molar-refractivity contribution in [3.63, 3.8) is 0 Å². The summed E-state index contributed by atoms with van der Waals surface area (Å²) < 4.78 is 7.69. The van der Waals surface area contributed by atoms with Crippen molar-refractivity contribution in [2.45, 2.75) is 38.7 Å². The monoisotopic (exact) mass is 341 g/mol. The molecule has 134 valence electrons. The molecule has 2 heterocycles. The second-order valence-corrected chi connectivity index (χ2v) is 6.67. The summed E-state index contributed by atoms with van der Waals surface area (Å²) in [6, 6.07) is 9.88. The average molecular weight is 341 g/mol. The summed E-state index contributed by atoms with van der Waals surface area (Å²) in [4.78, 5) is 14.2. The van der Waals surface area contributed by atoms with Crippen molar-refractivity contribution >= 4 is 11.7 Å². The predicted molar refractivity (Wildman–Crippen MR) is 100 cm³/mol. The second kappa shape index (κ2) is 8.21. The van der Waals surface area contributed by atoms with Crippen molar-refractivity contribution in [2.75, 3.05) is 25.5 Å². The number of amides is 2. The van der Waals surface area contributed by atoms with E-state index in [1.807, 2.05) is 50.6 Å². The van der Waals surface area contributed by atoms with E-state index < -0.39 is 0 Å². The molecule has 3 rings (SSSR count). The first kappa shape index (κ1) is 17.5.